The normalized spacial score (nSPS) is 17.6. The second-order valence-electron chi connectivity index (χ2n) is 6.84. The quantitative estimate of drug-likeness (QED) is 0.736. The number of anilines is 1. The molecular weight excluding hydrogens is 252 g/mol. The summed E-state index contributed by atoms with van der Waals surface area (Å²) in [5.74, 6) is -0.0191. The van der Waals surface area contributed by atoms with Gasteiger partial charge in [0.15, 0.2) is 0 Å². The molecule has 0 aromatic heterocycles. The maximum atomic E-state index is 12.6. The van der Waals surface area contributed by atoms with Crippen LogP contribution in [0.3, 0.4) is 0 Å². The van der Waals surface area contributed by atoms with Crippen LogP contribution in [0.25, 0.3) is 0 Å². The molecule has 4 nitrogen and oxygen atoms in total. The number of carbonyl (C=O) groups excluding carboxylic acids is 1. The SMILES string of the molecule is CC(C)(O)C(C)(C)NC(=O)C1(c2ccc(N)cc2)CC1. The lowest BCUT2D eigenvalue weighted by molar-refractivity contribution is -0.128. The summed E-state index contributed by atoms with van der Waals surface area (Å²) in [4.78, 5) is 12.6. The number of hydrogen-bond donors (Lipinski definition) is 3. The van der Waals surface area contributed by atoms with Gasteiger partial charge in [-0.1, -0.05) is 12.1 Å². The molecule has 1 fully saturated rings. The third-order valence-electron chi connectivity index (χ3n) is 4.60. The van der Waals surface area contributed by atoms with E-state index in [1.165, 1.54) is 0 Å². The third-order valence-corrected chi connectivity index (χ3v) is 4.60. The fourth-order valence-electron chi connectivity index (χ4n) is 2.13. The second-order valence-corrected chi connectivity index (χ2v) is 6.84. The molecule has 1 saturated carbocycles. The molecule has 0 bridgehead atoms. The Morgan fingerprint density at radius 3 is 2.10 bits per heavy atom. The highest BCUT2D eigenvalue weighted by Crippen LogP contribution is 2.49. The Labute approximate surface area is 120 Å². The predicted octanol–water partition coefficient (Wildman–Crippen LogP) is 1.97. The number of nitrogens with one attached hydrogen (secondary N) is 1. The topological polar surface area (TPSA) is 75.3 Å². The van der Waals surface area contributed by atoms with Crippen LogP contribution in [0.5, 0.6) is 0 Å². The number of amides is 1. The van der Waals surface area contributed by atoms with Gasteiger partial charge in [-0.25, -0.2) is 0 Å². The molecule has 1 aliphatic carbocycles. The number of rotatable bonds is 4. The standard InChI is InChI=1S/C16H24N2O2/c1-14(2,15(3,4)20)18-13(19)16(9-10-16)11-5-7-12(17)8-6-11/h5-8,20H,9-10,17H2,1-4H3,(H,18,19). The van der Waals surface area contributed by atoms with Crippen molar-refractivity contribution in [1.82, 2.24) is 5.32 Å². The Morgan fingerprint density at radius 1 is 1.20 bits per heavy atom. The van der Waals surface area contributed by atoms with Crippen LogP contribution in [0.4, 0.5) is 5.69 Å². The molecule has 1 aromatic rings. The van der Waals surface area contributed by atoms with E-state index >= 15 is 0 Å². The monoisotopic (exact) mass is 276 g/mol. The predicted molar refractivity (Wildman–Crippen MR) is 80.3 cm³/mol. The second kappa shape index (κ2) is 4.48. The van der Waals surface area contributed by atoms with Crippen molar-refractivity contribution in [3.63, 3.8) is 0 Å². The van der Waals surface area contributed by atoms with Crippen LogP contribution in [0.15, 0.2) is 24.3 Å². The molecule has 20 heavy (non-hydrogen) atoms. The van der Waals surface area contributed by atoms with E-state index in [4.69, 9.17) is 5.73 Å². The number of aliphatic hydroxyl groups is 1. The highest BCUT2D eigenvalue weighted by molar-refractivity contribution is 5.92. The average Bonchev–Trinajstić information content (AvgIpc) is 3.09. The minimum absolute atomic E-state index is 0.0191. The van der Waals surface area contributed by atoms with Gasteiger partial charge >= 0.3 is 0 Å². The number of nitrogens with two attached hydrogens (primary N) is 1. The van der Waals surface area contributed by atoms with Crippen molar-refractivity contribution in [2.75, 3.05) is 5.73 Å². The Bertz CT molecular complexity index is 508. The van der Waals surface area contributed by atoms with Crippen LogP contribution >= 0.6 is 0 Å². The molecule has 110 valence electrons. The molecule has 1 aliphatic rings. The molecule has 1 aromatic carbocycles. The molecular formula is C16H24N2O2. The van der Waals surface area contributed by atoms with Crippen molar-refractivity contribution in [3.05, 3.63) is 29.8 Å². The molecule has 0 unspecified atom stereocenters. The van der Waals surface area contributed by atoms with Crippen LogP contribution in [-0.4, -0.2) is 22.2 Å². The van der Waals surface area contributed by atoms with E-state index in [1.807, 2.05) is 38.1 Å². The van der Waals surface area contributed by atoms with Crippen LogP contribution in [-0.2, 0) is 10.2 Å². The average molecular weight is 276 g/mol. The summed E-state index contributed by atoms with van der Waals surface area (Å²) in [5.41, 5.74) is 5.26. The molecule has 0 heterocycles. The van der Waals surface area contributed by atoms with Gasteiger partial charge in [-0.3, -0.25) is 4.79 Å². The van der Waals surface area contributed by atoms with Gasteiger partial charge in [-0.15, -0.1) is 0 Å². The summed E-state index contributed by atoms with van der Waals surface area (Å²) in [6.45, 7) is 7.08. The summed E-state index contributed by atoms with van der Waals surface area (Å²) >= 11 is 0. The van der Waals surface area contributed by atoms with E-state index in [9.17, 15) is 9.90 Å². The van der Waals surface area contributed by atoms with Gasteiger partial charge in [-0.2, -0.15) is 0 Å². The first kappa shape index (κ1) is 14.9. The van der Waals surface area contributed by atoms with Crippen molar-refractivity contribution in [3.8, 4) is 0 Å². The molecule has 0 aliphatic heterocycles. The largest absolute Gasteiger partial charge is 0.399 e. The van der Waals surface area contributed by atoms with Gasteiger partial charge in [0.1, 0.15) is 0 Å². The van der Waals surface area contributed by atoms with Gasteiger partial charge in [0.25, 0.3) is 0 Å². The molecule has 1 amide bonds. The minimum Gasteiger partial charge on any atom is -0.399 e. The molecule has 4 N–H and O–H groups in total. The highest BCUT2D eigenvalue weighted by atomic mass is 16.3. The highest BCUT2D eigenvalue weighted by Gasteiger charge is 2.53. The number of nitrogen functional groups attached to an aromatic ring is 1. The Kier molecular flexibility index (Phi) is 3.33. The van der Waals surface area contributed by atoms with E-state index < -0.39 is 16.6 Å². The van der Waals surface area contributed by atoms with Crippen molar-refractivity contribution in [1.29, 1.82) is 0 Å². The van der Waals surface area contributed by atoms with E-state index in [0.717, 1.165) is 18.4 Å². The molecule has 0 spiro atoms. The zero-order valence-electron chi connectivity index (χ0n) is 12.7. The summed E-state index contributed by atoms with van der Waals surface area (Å²) in [5, 5.41) is 13.1. The number of carbonyl (C=O) groups is 1. The van der Waals surface area contributed by atoms with Crippen LogP contribution in [0.1, 0.15) is 46.1 Å². The zero-order chi connectivity index (χ0) is 15.2. The van der Waals surface area contributed by atoms with E-state index in [2.05, 4.69) is 5.32 Å². The zero-order valence-corrected chi connectivity index (χ0v) is 12.7. The molecule has 0 saturated heterocycles. The van der Waals surface area contributed by atoms with Crippen LogP contribution in [0, 0.1) is 0 Å². The first-order valence-electron chi connectivity index (χ1n) is 6.99. The summed E-state index contributed by atoms with van der Waals surface area (Å²) in [6, 6.07) is 7.48. The Hall–Kier alpha value is -1.55. The fraction of sp³-hybridized carbons (Fsp3) is 0.562. The summed E-state index contributed by atoms with van der Waals surface area (Å²) < 4.78 is 0. The summed E-state index contributed by atoms with van der Waals surface area (Å²) in [7, 11) is 0. The smallest absolute Gasteiger partial charge is 0.231 e. The fourth-order valence-corrected chi connectivity index (χ4v) is 2.13. The number of hydrogen-bond acceptors (Lipinski definition) is 3. The van der Waals surface area contributed by atoms with Crippen molar-refractivity contribution in [2.45, 2.75) is 57.1 Å². The minimum atomic E-state index is -0.986. The lowest BCUT2D eigenvalue weighted by Crippen LogP contribution is -2.59. The van der Waals surface area contributed by atoms with E-state index in [0.29, 0.717) is 5.69 Å². The van der Waals surface area contributed by atoms with E-state index in [1.54, 1.807) is 13.8 Å². The van der Waals surface area contributed by atoms with Crippen molar-refractivity contribution < 1.29 is 9.90 Å². The Morgan fingerprint density at radius 2 is 1.70 bits per heavy atom. The first-order valence-corrected chi connectivity index (χ1v) is 6.99. The Balaban J connectivity index is 2.19. The van der Waals surface area contributed by atoms with Crippen LogP contribution in [0.2, 0.25) is 0 Å². The maximum Gasteiger partial charge on any atom is 0.231 e. The van der Waals surface area contributed by atoms with E-state index in [-0.39, 0.29) is 5.91 Å². The molecule has 0 atom stereocenters. The summed E-state index contributed by atoms with van der Waals surface area (Å²) in [6.07, 6.45) is 1.68. The van der Waals surface area contributed by atoms with Gasteiger partial charge < -0.3 is 16.2 Å². The van der Waals surface area contributed by atoms with Gasteiger partial charge in [0.2, 0.25) is 5.91 Å². The molecule has 2 rings (SSSR count). The van der Waals surface area contributed by atoms with Crippen molar-refractivity contribution >= 4 is 11.6 Å². The van der Waals surface area contributed by atoms with Gasteiger partial charge in [0.05, 0.1) is 16.6 Å². The lowest BCUT2D eigenvalue weighted by Gasteiger charge is -2.39. The van der Waals surface area contributed by atoms with Crippen LogP contribution < -0.4 is 11.1 Å². The van der Waals surface area contributed by atoms with Crippen molar-refractivity contribution in [2.24, 2.45) is 0 Å². The van der Waals surface area contributed by atoms with Gasteiger partial charge in [0, 0.05) is 5.69 Å². The van der Waals surface area contributed by atoms with Gasteiger partial charge in [-0.05, 0) is 58.2 Å². The number of benzene rings is 1. The molecule has 0 radical (unpaired) electrons. The molecule has 4 heteroatoms. The lowest BCUT2D eigenvalue weighted by atomic mass is 9.84. The first-order chi connectivity index (χ1) is 9.08. The maximum absolute atomic E-state index is 12.6. The third kappa shape index (κ3) is 2.52.